The van der Waals surface area contributed by atoms with Crippen LogP contribution in [0, 0.1) is 5.92 Å². The fourth-order valence-corrected chi connectivity index (χ4v) is 2.35. The van der Waals surface area contributed by atoms with Crippen LogP contribution < -0.4 is 11.1 Å². The molecule has 17 heavy (non-hydrogen) atoms. The summed E-state index contributed by atoms with van der Waals surface area (Å²) in [5.74, 6) is 1.69. The van der Waals surface area contributed by atoms with Crippen molar-refractivity contribution >= 4 is 11.8 Å². The molecule has 0 aliphatic heterocycles. The fraction of sp³-hybridized carbons (Fsp3) is 0.667. The summed E-state index contributed by atoms with van der Waals surface area (Å²) in [4.78, 5) is 7.98. The molecule has 1 aromatic rings. The molecule has 0 aromatic carbocycles. The number of hydrogen-bond donors (Lipinski definition) is 3. The van der Waals surface area contributed by atoms with Crippen LogP contribution in [0.2, 0.25) is 0 Å². The van der Waals surface area contributed by atoms with Gasteiger partial charge >= 0.3 is 0 Å². The Morgan fingerprint density at radius 1 is 1.53 bits per heavy atom. The van der Waals surface area contributed by atoms with Gasteiger partial charge in [-0.2, -0.15) is 4.98 Å². The first-order valence-electron chi connectivity index (χ1n) is 6.11. The third kappa shape index (κ3) is 2.85. The molecule has 0 atom stereocenters. The Bertz CT molecular complexity index is 375. The molecule has 0 radical (unpaired) electrons. The number of nitrogens with two attached hydrogens (primary N) is 1. The van der Waals surface area contributed by atoms with Gasteiger partial charge in [-0.15, -0.1) is 0 Å². The van der Waals surface area contributed by atoms with Crippen LogP contribution in [0.15, 0.2) is 12.3 Å². The monoisotopic (exact) mass is 236 g/mol. The number of anilines is 2. The summed E-state index contributed by atoms with van der Waals surface area (Å²) in [5, 5.41) is 12.9. The van der Waals surface area contributed by atoms with Crippen LogP contribution in [-0.4, -0.2) is 27.2 Å². The molecule has 0 unspecified atom stereocenters. The molecule has 1 aliphatic rings. The summed E-state index contributed by atoms with van der Waals surface area (Å²) >= 11 is 0. The Hall–Kier alpha value is -1.36. The van der Waals surface area contributed by atoms with Gasteiger partial charge in [0.15, 0.2) is 0 Å². The third-order valence-electron chi connectivity index (χ3n) is 3.60. The van der Waals surface area contributed by atoms with E-state index in [0.29, 0.717) is 5.82 Å². The first-order valence-corrected chi connectivity index (χ1v) is 6.11. The van der Waals surface area contributed by atoms with Gasteiger partial charge in [0.1, 0.15) is 5.82 Å². The van der Waals surface area contributed by atoms with Gasteiger partial charge in [-0.1, -0.05) is 6.92 Å². The lowest BCUT2D eigenvalue weighted by molar-refractivity contribution is 0.155. The maximum absolute atomic E-state index is 9.62. The van der Waals surface area contributed by atoms with E-state index in [2.05, 4.69) is 22.2 Å². The molecular formula is C12H20N4O. The minimum atomic E-state index is -0.243. The smallest absolute Gasteiger partial charge is 0.221 e. The van der Waals surface area contributed by atoms with E-state index < -0.39 is 0 Å². The van der Waals surface area contributed by atoms with Crippen molar-refractivity contribution in [3.8, 4) is 0 Å². The topological polar surface area (TPSA) is 84.1 Å². The molecule has 5 nitrogen and oxygen atoms in total. The molecule has 0 bridgehead atoms. The second-order valence-electron chi connectivity index (χ2n) is 5.05. The molecule has 4 N–H and O–H groups in total. The Morgan fingerprint density at radius 2 is 2.24 bits per heavy atom. The molecule has 1 aliphatic carbocycles. The summed E-state index contributed by atoms with van der Waals surface area (Å²) in [7, 11) is 0. The molecule has 2 rings (SSSR count). The average molecular weight is 236 g/mol. The number of hydrogen-bond acceptors (Lipinski definition) is 5. The van der Waals surface area contributed by atoms with Crippen molar-refractivity contribution in [1.82, 2.24) is 9.97 Å². The van der Waals surface area contributed by atoms with Crippen molar-refractivity contribution in [2.45, 2.75) is 38.1 Å². The molecule has 0 saturated heterocycles. The number of aliphatic hydroxyl groups is 1. The molecule has 1 aromatic heterocycles. The zero-order chi connectivity index (χ0) is 12.3. The van der Waals surface area contributed by atoms with E-state index in [9.17, 15) is 5.11 Å². The van der Waals surface area contributed by atoms with E-state index in [1.807, 2.05) is 0 Å². The van der Waals surface area contributed by atoms with Gasteiger partial charge in [0.25, 0.3) is 0 Å². The molecule has 0 spiro atoms. The van der Waals surface area contributed by atoms with E-state index in [0.717, 1.165) is 31.6 Å². The summed E-state index contributed by atoms with van der Waals surface area (Å²) < 4.78 is 0. The van der Waals surface area contributed by atoms with Crippen LogP contribution >= 0.6 is 0 Å². The first kappa shape index (κ1) is 12.1. The van der Waals surface area contributed by atoms with Crippen LogP contribution in [0.4, 0.5) is 11.8 Å². The molecule has 1 saturated carbocycles. The Labute approximate surface area is 101 Å². The molecule has 5 heteroatoms. The largest absolute Gasteiger partial charge is 0.394 e. The highest BCUT2D eigenvalue weighted by Crippen LogP contribution is 2.33. The fourth-order valence-electron chi connectivity index (χ4n) is 2.35. The Balaban J connectivity index is 2.09. The van der Waals surface area contributed by atoms with Crippen molar-refractivity contribution in [1.29, 1.82) is 0 Å². The van der Waals surface area contributed by atoms with Gasteiger partial charge in [-0.25, -0.2) is 4.98 Å². The van der Waals surface area contributed by atoms with Gasteiger partial charge < -0.3 is 16.2 Å². The number of rotatable bonds is 3. The number of nitrogens with one attached hydrogen (secondary N) is 1. The predicted octanol–water partition coefficient (Wildman–Crippen LogP) is 1.41. The third-order valence-corrected chi connectivity index (χ3v) is 3.60. The SMILES string of the molecule is CC1CCC(CO)(Nc2ccnc(N)n2)CC1. The molecule has 1 heterocycles. The normalized spacial score (nSPS) is 28.9. The number of nitrogens with zero attached hydrogens (tertiary/aromatic N) is 2. The van der Waals surface area contributed by atoms with E-state index in [1.165, 1.54) is 0 Å². The van der Waals surface area contributed by atoms with E-state index in [-0.39, 0.29) is 18.1 Å². The van der Waals surface area contributed by atoms with Gasteiger partial charge in [0.05, 0.1) is 12.1 Å². The molecule has 94 valence electrons. The van der Waals surface area contributed by atoms with Crippen LogP contribution in [0.5, 0.6) is 0 Å². The van der Waals surface area contributed by atoms with Gasteiger partial charge in [-0.05, 0) is 37.7 Å². The summed E-state index contributed by atoms with van der Waals surface area (Å²) in [6, 6.07) is 1.78. The number of nitrogen functional groups attached to an aromatic ring is 1. The molecule has 1 fully saturated rings. The molecule has 0 amide bonds. The van der Waals surface area contributed by atoms with Gasteiger partial charge in [-0.3, -0.25) is 0 Å². The Kier molecular flexibility index (Phi) is 3.47. The lowest BCUT2D eigenvalue weighted by Gasteiger charge is -2.39. The Morgan fingerprint density at radius 3 is 2.82 bits per heavy atom. The van der Waals surface area contributed by atoms with Crippen LogP contribution in [0.1, 0.15) is 32.6 Å². The van der Waals surface area contributed by atoms with Gasteiger partial charge in [0, 0.05) is 6.20 Å². The van der Waals surface area contributed by atoms with Crippen molar-refractivity contribution in [2.75, 3.05) is 17.7 Å². The second kappa shape index (κ2) is 4.87. The zero-order valence-electron chi connectivity index (χ0n) is 10.2. The summed E-state index contributed by atoms with van der Waals surface area (Å²) in [6.07, 6.45) is 5.83. The van der Waals surface area contributed by atoms with Crippen molar-refractivity contribution in [3.63, 3.8) is 0 Å². The minimum absolute atomic E-state index is 0.129. The highest BCUT2D eigenvalue weighted by molar-refractivity contribution is 5.40. The highest BCUT2D eigenvalue weighted by Gasteiger charge is 2.33. The summed E-state index contributed by atoms with van der Waals surface area (Å²) in [6.45, 7) is 2.38. The second-order valence-corrected chi connectivity index (χ2v) is 5.05. The standard InChI is InChI=1S/C12H20N4O/c1-9-2-5-12(8-17,6-3-9)16-10-4-7-14-11(13)15-10/h4,7,9,17H,2-3,5-6,8H2,1H3,(H3,13,14,15,16). The van der Waals surface area contributed by atoms with Crippen molar-refractivity contribution < 1.29 is 5.11 Å². The zero-order valence-corrected chi connectivity index (χ0v) is 10.2. The van der Waals surface area contributed by atoms with Crippen LogP contribution in [-0.2, 0) is 0 Å². The quantitative estimate of drug-likeness (QED) is 0.739. The average Bonchev–Trinajstić information content (AvgIpc) is 2.33. The van der Waals surface area contributed by atoms with Crippen LogP contribution in [0.25, 0.3) is 0 Å². The summed E-state index contributed by atoms with van der Waals surface area (Å²) in [5.41, 5.74) is 5.30. The van der Waals surface area contributed by atoms with Crippen molar-refractivity contribution in [2.24, 2.45) is 5.92 Å². The van der Waals surface area contributed by atoms with E-state index in [4.69, 9.17) is 5.73 Å². The lowest BCUT2D eigenvalue weighted by atomic mass is 9.77. The van der Waals surface area contributed by atoms with Crippen molar-refractivity contribution in [3.05, 3.63) is 12.3 Å². The number of aromatic nitrogens is 2. The van der Waals surface area contributed by atoms with Gasteiger partial charge in [0.2, 0.25) is 5.95 Å². The minimum Gasteiger partial charge on any atom is -0.394 e. The van der Waals surface area contributed by atoms with E-state index in [1.54, 1.807) is 12.3 Å². The first-order chi connectivity index (χ1) is 8.13. The van der Waals surface area contributed by atoms with Crippen LogP contribution in [0.3, 0.4) is 0 Å². The maximum atomic E-state index is 9.62. The predicted molar refractivity (Wildman–Crippen MR) is 67.5 cm³/mol. The number of aliphatic hydroxyl groups excluding tert-OH is 1. The molecular weight excluding hydrogens is 216 g/mol. The van der Waals surface area contributed by atoms with E-state index >= 15 is 0 Å². The lowest BCUT2D eigenvalue weighted by Crippen LogP contribution is -2.45. The highest BCUT2D eigenvalue weighted by atomic mass is 16.3. The maximum Gasteiger partial charge on any atom is 0.221 e.